The number of amides is 1. The van der Waals surface area contributed by atoms with E-state index in [9.17, 15) is 13.2 Å². The molecule has 0 bridgehead atoms. The molecule has 1 heterocycles. The van der Waals surface area contributed by atoms with Gasteiger partial charge in [0.1, 0.15) is 11.5 Å². The van der Waals surface area contributed by atoms with Crippen molar-refractivity contribution >= 4 is 26.8 Å². The van der Waals surface area contributed by atoms with Gasteiger partial charge in [0.2, 0.25) is 0 Å². The van der Waals surface area contributed by atoms with Crippen molar-refractivity contribution in [2.45, 2.75) is 43.6 Å². The molecule has 6 nitrogen and oxygen atoms in total. The zero-order valence-corrected chi connectivity index (χ0v) is 14.3. The number of carbonyl (C=O) groups is 1. The number of pyridine rings is 1. The number of aromatic nitrogens is 1. The molecule has 1 fully saturated rings. The first-order valence-electron chi connectivity index (χ1n) is 7.98. The number of para-hydroxylation sites is 1. The van der Waals surface area contributed by atoms with Gasteiger partial charge in [-0.05, 0) is 37.5 Å². The van der Waals surface area contributed by atoms with Crippen LogP contribution in [0.2, 0.25) is 0 Å². The number of ether oxygens (including phenoxy) is 1. The van der Waals surface area contributed by atoms with E-state index in [1.165, 1.54) is 6.07 Å². The van der Waals surface area contributed by atoms with E-state index in [4.69, 9.17) is 4.74 Å². The van der Waals surface area contributed by atoms with Crippen molar-refractivity contribution in [2.24, 2.45) is 0 Å². The Hall–Kier alpha value is -1.99. The van der Waals surface area contributed by atoms with E-state index in [1.807, 2.05) is 13.0 Å². The van der Waals surface area contributed by atoms with Gasteiger partial charge in [-0.1, -0.05) is 25.0 Å². The summed E-state index contributed by atoms with van der Waals surface area (Å²) in [5, 5.41) is 0.715. The van der Waals surface area contributed by atoms with Crippen molar-refractivity contribution in [3.8, 4) is 0 Å². The van der Waals surface area contributed by atoms with Crippen LogP contribution in [0.25, 0.3) is 10.9 Å². The second-order valence-electron chi connectivity index (χ2n) is 6.09. The molecule has 24 heavy (non-hydrogen) atoms. The molecule has 7 heteroatoms. The van der Waals surface area contributed by atoms with Gasteiger partial charge < -0.3 is 4.74 Å². The van der Waals surface area contributed by atoms with E-state index in [0.717, 1.165) is 31.2 Å². The lowest BCUT2D eigenvalue weighted by atomic mass is 10.2. The fraction of sp³-hybridized carbons (Fsp3) is 0.412. The molecule has 1 amide bonds. The van der Waals surface area contributed by atoms with Gasteiger partial charge in [0.25, 0.3) is 15.9 Å². The molecule has 1 N–H and O–H groups in total. The predicted molar refractivity (Wildman–Crippen MR) is 90.0 cm³/mol. The Kier molecular flexibility index (Phi) is 4.82. The molecule has 1 aromatic heterocycles. The maximum Gasteiger partial charge on any atom is 0.266 e. The van der Waals surface area contributed by atoms with Crippen LogP contribution in [0.1, 0.15) is 31.2 Å². The average Bonchev–Trinajstić information content (AvgIpc) is 3.05. The summed E-state index contributed by atoms with van der Waals surface area (Å²) in [5.41, 5.74) is 1.28. The number of benzene rings is 1. The SMILES string of the molecule is Cc1cnc2c(S(=O)(=O)NC(=O)COC3CCCC3)cccc2c1. The molecule has 1 saturated carbocycles. The van der Waals surface area contributed by atoms with Crippen molar-refractivity contribution < 1.29 is 17.9 Å². The minimum absolute atomic E-state index is 0.00536. The lowest BCUT2D eigenvalue weighted by Crippen LogP contribution is -2.34. The Bertz CT molecular complexity index is 858. The van der Waals surface area contributed by atoms with Crippen LogP contribution in [0.15, 0.2) is 35.4 Å². The number of sulfonamides is 1. The van der Waals surface area contributed by atoms with Gasteiger partial charge in [-0.3, -0.25) is 9.78 Å². The largest absolute Gasteiger partial charge is 0.368 e. The highest BCUT2D eigenvalue weighted by Crippen LogP contribution is 2.22. The van der Waals surface area contributed by atoms with E-state index >= 15 is 0 Å². The highest BCUT2D eigenvalue weighted by molar-refractivity contribution is 7.90. The zero-order chi connectivity index (χ0) is 17.2. The second kappa shape index (κ2) is 6.86. The van der Waals surface area contributed by atoms with Crippen LogP contribution < -0.4 is 4.72 Å². The molecule has 1 aliphatic rings. The minimum Gasteiger partial charge on any atom is -0.368 e. The molecule has 3 rings (SSSR count). The molecular formula is C17H20N2O4S. The summed E-state index contributed by atoms with van der Waals surface area (Å²) in [5.74, 6) is -0.661. The van der Waals surface area contributed by atoms with Gasteiger partial charge in [0.15, 0.2) is 0 Å². The van der Waals surface area contributed by atoms with Crippen LogP contribution in [0, 0.1) is 6.92 Å². The molecule has 128 valence electrons. The first kappa shape index (κ1) is 16.9. The summed E-state index contributed by atoms with van der Waals surface area (Å²) in [6, 6.07) is 6.72. The maximum absolute atomic E-state index is 12.5. The van der Waals surface area contributed by atoms with Crippen molar-refractivity contribution in [2.75, 3.05) is 6.61 Å². The van der Waals surface area contributed by atoms with Gasteiger partial charge in [-0.2, -0.15) is 0 Å². The van der Waals surface area contributed by atoms with E-state index in [2.05, 4.69) is 9.71 Å². The predicted octanol–water partition coefficient (Wildman–Crippen LogP) is 2.31. The first-order valence-corrected chi connectivity index (χ1v) is 9.47. The Labute approximate surface area is 141 Å². The fourth-order valence-electron chi connectivity index (χ4n) is 2.94. The third-order valence-electron chi connectivity index (χ3n) is 4.10. The highest BCUT2D eigenvalue weighted by atomic mass is 32.2. The lowest BCUT2D eigenvalue weighted by molar-refractivity contribution is -0.125. The molecule has 0 aliphatic heterocycles. The zero-order valence-electron chi connectivity index (χ0n) is 13.5. The van der Waals surface area contributed by atoms with Crippen LogP contribution in [-0.2, 0) is 19.6 Å². The summed E-state index contributed by atoms with van der Waals surface area (Å²) in [6.45, 7) is 1.64. The Balaban J connectivity index is 1.76. The summed E-state index contributed by atoms with van der Waals surface area (Å²) in [4.78, 5) is 16.1. The Morgan fingerprint density at radius 1 is 1.33 bits per heavy atom. The molecule has 0 atom stereocenters. The van der Waals surface area contributed by atoms with E-state index in [0.29, 0.717) is 10.9 Å². The van der Waals surface area contributed by atoms with Gasteiger partial charge in [0.05, 0.1) is 11.6 Å². The van der Waals surface area contributed by atoms with Crippen LogP contribution >= 0.6 is 0 Å². The molecule has 0 spiro atoms. The van der Waals surface area contributed by atoms with Crippen LogP contribution in [0.5, 0.6) is 0 Å². The smallest absolute Gasteiger partial charge is 0.266 e. The molecule has 0 radical (unpaired) electrons. The topological polar surface area (TPSA) is 85.4 Å². The maximum atomic E-state index is 12.5. The number of rotatable bonds is 5. The van der Waals surface area contributed by atoms with Crippen molar-refractivity contribution in [1.82, 2.24) is 9.71 Å². The molecule has 0 saturated heterocycles. The van der Waals surface area contributed by atoms with E-state index in [-0.39, 0.29) is 17.6 Å². The normalized spacial score (nSPS) is 15.7. The quantitative estimate of drug-likeness (QED) is 0.896. The summed E-state index contributed by atoms with van der Waals surface area (Å²) < 4.78 is 32.5. The van der Waals surface area contributed by atoms with Gasteiger partial charge in [-0.25, -0.2) is 13.1 Å². The molecular weight excluding hydrogens is 328 g/mol. The monoisotopic (exact) mass is 348 g/mol. The second-order valence-corrected chi connectivity index (χ2v) is 7.74. The fourth-order valence-corrected chi connectivity index (χ4v) is 4.09. The number of nitrogens with zero attached hydrogens (tertiary/aromatic N) is 1. The van der Waals surface area contributed by atoms with Gasteiger partial charge in [-0.15, -0.1) is 0 Å². The van der Waals surface area contributed by atoms with Crippen LogP contribution in [0.4, 0.5) is 0 Å². The minimum atomic E-state index is -3.99. The number of aryl methyl sites for hydroxylation is 1. The molecule has 2 aromatic rings. The Morgan fingerprint density at radius 2 is 2.08 bits per heavy atom. The van der Waals surface area contributed by atoms with Gasteiger partial charge in [0, 0.05) is 11.6 Å². The van der Waals surface area contributed by atoms with Gasteiger partial charge >= 0.3 is 0 Å². The van der Waals surface area contributed by atoms with E-state index in [1.54, 1.807) is 18.3 Å². The molecule has 0 unspecified atom stereocenters. The van der Waals surface area contributed by atoms with Crippen LogP contribution in [0.3, 0.4) is 0 Å². The summed E-state index contributed by atoms with van der Waals surface area (Å²) >= 11 is 0. The number of hydrogen-bond acceptors (Lipinski definition) is 5. The molecule has 1 aliphatic carbocycles. The summed E-state index contributed by atoms with van der Waals surface area (Å²) in [6.07, 6.45) is 5.68. The number of carbonyl (C=O) groups excluding carboxylic acids is 1. The Morgan fingerprint density at radius 3 is 2.83 bits per heavy atom. The number of hydrogen-bond donors (Lipinski definition) is 1. The summed E-state index contributed by atoms with van der Waals surface area (Å²) in [7, 11) is -3.99. The molecule has 1 aromatic carbocycles. The van der Waals surface area contributed by atoms with E-state index < -0.39 is 15.9 Å². The number of fused-ring (bicyclic) bond motifs is 1. The standard InChI is InChI=1S/C17H20N2O4S/c1-12-9-13-5-4-8-15(17(13)18-10-12)24(21,22)19-16(20)11-23-14-6-2-3-7-14/h4-5,8-10,14H,2-3,6-7,11H2,1H3,(H,19,20). The highest BCUT2D eigenvalue weighted by Gasteiger charge is 2.22. The first-order chi connectivity index (χ1) is 11.5. The third-order valence-corrected chi connectivity index (χ3v) is 5.51. The third kappa shape index (κ3) is 3.73. The van der Waals surface area contributed by atoms with Crippen LogP contribution in [-0.4, -0.2) is 32.0 Å². The van der Waals surface area contributed by atoms with Crippen molar-refractivity contribution in [3.05, 3.63) is 36.0 Å². The lowest BCUT2D eigenvalue weighted by Gasteiger charge is -2.12. The van der Waals surface area contributed by atoms with Crippen molar-refractivity contribution in [3.63, 3.8) is 0 Å². The van der Waals surface area contributed by atoms with Crippen molar-refractivity contribution in [1.29, 1.82) is 0 Å². The number of nitrogens with one attached hydrogen (secondary N) is 1. The average molecular weight is 348 g/mol.